The molecule has 1 heterocycles. The highest BCUT2D eigenvalue weighted by Crippen LogP contribution is 2.37. The van der Waals surface area contributed by atoms with Gasteiger partial charge in [-0.25, -0.2) is 0 Å². The van der Waals surface area contributed by atoms with Crippen molar-refractivity contribution in [2.75, 3.05) is 13.2 Å². The van der Waals surface area contributed by atoms with Crippen molar-refractivity contribution in [3.05, 3.63) is 28.8 Å². The molecule has 3 nitrogen and oxygen atoms in total. The number of hydrogen-bond donors (Lipinski definition) is 2. The highest BCUT2D eigenvalue weighted by molar-refractivity contribution is 5.67. The molecule has 1 aromatic carbocycles. The van der Waals surface area contributed by atoms with Crippen molar-refractivity contribution in [1.29, 1.82) is 0 Å². The topological polar surface area (TPSA) is 55.5 Å². The molecule has 0 spiro atoms. The van der Waals surface area contributed by atoms with Gasteiger partial charge in [0.05, 0.1) is 6.61 Å². The fraction of sp³-hybridized carbons (Fsp3) is 0.333. The number of fused-ring (bicyclic) bond motifs is 1. The lowest BCUT2D eigenvalue weighted by molar-refractivity contribution is 0.356. The summed E-state index contributed by atoms with van der Waals surface area (Å²) in [7, 11) is 0. The van der Waals surface area contributed by atoms with Gasteiger partial charge in [0.15, 0.2) is 0 Å². The first kappa shape index (κ1) is 10.1. The van der Waals surface area contributed by atoms with Crippen LogP contribution in [0.3, 0.4) is 0 Å². The van der Waals surface area contributed by atoms with Gasteiger partial charge in [-0.05, 0) is 18.6 Å². The first-order valence-electron chi connectivity index (χ1n) is 5.09. The first-order valence-corrected chi connectivity index (χ1v) is 5.09. The molecule has 0 atom stereocenters. The van der Waals surface area contributed by atoms with Crippen LogP contribution in [0.25, 0.3) is 6.08 Å². The number of phenolic OH excluding ortho intramolecular Hbond substituents is 1. The second kappa shape index (κ2) is 3.95. The van der Waals surface area contributed by atoms with Gasteiger partial charge in [-0.2, -0.15) is 0 Å². The van der Waals surface area contributed by atoms with Crippen LogP contribution in [0.15, 0.2) is 12.1 Å². The minimum absolute atomic E-state index is 0.337. The summed E-state index contributed by atoms with van der Waals surface area (Å²) >= 11 is 0. The summed E-state index contributed by atoms with van der Waals surface area (Å²) in [6, 6.07) is 1.89. The van der Waals surface area contributed by atoms with E-state index in [0.717, 1.165) is 28.9 Å². The van der Waals surface area contributed by atoms with Crippen molar-refractivity contribution in [3.8, 4) is 11.5 Å². The van der Waals surface area contributed by atoms with Crippen LogP contribution in [0.5, 0.6) is 11.5 Å². The van der Waals surface area contributed by atoms with E-state index in [1.165, 1.54) is 0 Å². The summed E-state index contributed by atoms with van der Waals surface area (Å²) < 4.78 is 5.48. The Balaban J connectivity index is 2.55. The van der Waals surface area contributed by atoms with Crippen LogP contribution in [0, 0.1) is 6.92 Å². The van der Waals surface area contributed by atoms with Crippen LogP contribution in [0.1, 0.15) is 16.7 Å². The molecule has 0 saturated heterocycles. The Labute approximate surface area is 89.2 Å². The third kappa shape index (κ3) is 1.70. The fourth-order valence-corrected chi connectivity index (χ4v) is 1.86. The Bertz CT molecular complexity index is 411. The van der Waals surface area contributed by atoms with Crippen molar-refractivity contribution >= 4 is 6.08 Å². The lowest BCUT2D eigenvalue weighted by Gasteiger charge is -2.08. The normalized spacial score (nSPS) is 14.3. The van der Waals surface area contributed by atoms with E-state index in [-0.39, 0.29) is 0 Å². The zero-order chi connectivity index (χ0) is 10.8. The van der Waals surface area contributed by atoms with Gasteiger partial charge in [-0.1, -0.05) is 12.2 Å². The molecule has 80 valence electrons. The maximum atomic E-state index is 9.94. The van der Waals surface area contributed by atoms with Gasteiger partial charge in [0, 0.05) is 24.1 Å². The molecular formula is C12H15NO2. The van der Waals surface area contributed by atoms with Gasteiger partial charge in [0.25, 0.3) is 0 Å². The van der Waals surface area contributed by atoms with Crippen LogP contribution in [-0.2, 0) is 6.42 Å². The van der Waals surface area contributed by atoms with E-state index in [2.05, 4.69) is 0 Å². The molecule has 0 unspecified atom stereocenters. The van der Waals surface area contributed by atoms with Crippen LogP contribution < -0.4 is 10.5 Å². The van der Waals surface area contributed by atoms with Gasteiger partial charge in [-0.15, -0.1) is 0 Å². The lowest BCUT2D eigenvalue weighted by atomic mass is 10.00. The molecule has 0 bridgehead atoms. The van der Waals surface area contributed by atoms with Crippen molar-refractivity contribution in [3.63, 3.8) is 0 Å². The summed E-state index contributed by atoms with van der Waals surface area (Å²) in [5, 5.41) is 9.94. The molecule has 0 radical (unpaired) electrons. The predicted molar refractivity (Wildman–Crippen MR) is 60.1 cm³/mol. The Morgan fingerprint density at radius 3 is 3.13 bits per heavy atom. The largest absolute Gasteiger partial charge is 0.507 e. The number of nitrogens with two attached hydrogens (primary N) is 1. The molecule has 3 heteroatoms. The second-order valence-corrected chi connectivity index (χ2v) is 3.67. The third-order valence-corrected chi connectivity index (χ3v) is 2.63. The highest BCUT2D eigenvalue weighted by Gasteiger charge is 2.19. The minimum Gasteiger partial charge on any atom is -0.507 e. The Hall–Kier alpha value is -1.48. The minimum atomic E-state index is 0.337. The van der Waals surface area contributed by atoms with E-state index in [9.17, 15) is 5.11 Å². The van der Waals surface area contributed by atoms with Crippen LogP contribution in [-0.4, -0.2) is 18.3 Å². The van der Waals surface area contributed by atoms with Crippen LogP contribution in [0.4, 0.5) is 0 Å². The molecule has 0 fully saturated rings. The quantitative estimate of drug-likeness (QED) is 0.771. The van der Waals surface area contributed by atoms with E-state index in [4.69, 9.17) is 10.5 Å². The summed E-state index contributed by atoms with van der Waals surface area (Å²) in [5.74, 6) is 1.23. The average molecular weight is 205 g/mol. The van der Waals surface area contributed by atoms with Gasteiger partial charge in [0.1, 0.15) is 11.5 Å². The van der Waals surface area contributed by atoms with E-state index < -0.39 is 0 Å². The summed E-state index contributed by atoms with van der Waals surface area (Å²) in [5.41, 5.74) is 8.19. The SMILES string of the molecule is Cc1cc2c(c(/C=C/CN)c1O)CCO2. The number of phenols is 1. The third-order valence-electron chi connectivity index (χ3n) is 2.63. The smallest absolute Gasteiger partial charge is 0.126 e. The molecule has 0 aromatic heterocycles. The highest BCUT2D eigenvalue weighted by atomic mass is 16.5. The molecule has 0 saturated carbocycles. The van der Waals surface area contributed by atoms with Crippen LogP contribution in [0.2, 0.25) is 0 Å². The number of ether oxygens (including phenoxy) is 1. The summed E-state index contributed by atoms with van der Waals surface area (Å²) in [4.78, 5) is 0. The lowest BCUT2D eigenvalue weighted by Crippen LogP contribution is -1.93. The van der Waals surface area contributed by atoms with E-state index in [1.54, 1.807) is 0 Å². The van der Waals surface area contributed by atoms with Gasteiger partial charge >= 0.3 is 0 Å². The Morgan fingerprint density at radius 2 is 2.40 bits per heavy atom. The van der Waals surface area contributed by atoms with Crippen molar-refractivity contribution in [2.24, 2.45) is 5.73 Å². The van der Waals surface area contributed by atoms with Crippen molar-refractivity contribution in [2.45, 2.75) is 13.3 Å². The number of hydrogen-bond acceptors (Lipinski definition) is 3. The molecule has 15 heavy (non-hydrogen) atoms. The number of rotatable bonds is 2. The summed E-state index contributed by atoms with van der Waals surface area (Å²) in [6.45, 7) is 3.04. The Morgan fingerprint density at radius 1 is 1.60 bits per heavy atom. The van der Waals surface area contributed by atoms with Crippen molar-refractivity contribution < 1.29 is 9.84 Å². The van der Waals surface area contributed by atoms with E-state index in [1.807, 2.05) is 25.1 Å². The molecule has 2 rings (SSSR count). The fourth-order valence-electron chi connectivity index (χ4n) is 1.86. The number of aryl methyl sites for hydroxylation is 1. The second-order valence-electron chi connectivity index (χ2n) is 3.67. The zero-order valence-electron chi connectivity index (χ0n) is 8.79. The summed E-state index contributed by atoms with van der Waals surface area (Å²) in [6.07, 6.45) is 4.57. The van der Waals surface area contributed by atoms with E-state index >= 15 is 0 Å². The molecule has 0 amide bonds. The Kier molecular flexibility index (Phi) is 2.64. The maximum Gasteiger partial charge on any atom is 0.126 e. The van der Waals surface area contributed by atoms with Crippen molar-refractivity contribution in [1.82, 2.24) is 0 Å². The van der Waals surface area contributed by atoms with E-state index in [0.29, 0.717) is 18.9 Å². The number of benzene rings is 1. The first-order chi connectivity index (χ1) is 7.24. The average Bonchev–Trinajstić information content (AvgIpc) is 2.66. The molecule has 1 aromatic rings. The maximum absolute atomic E-state index is 9.94. The monoisotopic (exact) mass is 205 g/mol. The molecule has 1 aliphatic rings. The molecule has 1 aliphatic heterocycles. The van der Waals surface area contributed by atoms with Crippen LogP contribution >= 0.6 is 0 Å². The zero-order valence-corrected chi connectivity index (χ0v) is 8.79. The molecular weight excluding hydrogens is 190 g/mol. The predicted octanol–water partition coefficient (Wildman–Crippen LogP) is 1.61. The molecule has 0 aliphatic carbocycles. The van der Waals surface area contributed by atoms with Gasteiger partial charge in [0.2, 0.25) is 0 Å². The number of aromatic hydroxyl groups is 1. The van der Waals surface area contributed by atoms with Gasteiger partial charge < -0.3 is 15.6 Å². The molecule has 3 N–H and O–H groups in total. The standard InChI is InChI=1S/C12H15NO2/c1-8-7-11-9(4-6-15-11)10(12(8)14)3-2-5-13/h2-3,7,14H,4-6,13H2,1H3/b3-2+. The van der Waals surface area contributed by atoms with Gasteiger partial charge in [-0.3, -0.25) is 0 Å².